The molecule has 2 aromatic rings. The summed E-state index contributed by atoms with van der Waals surface area (Å²) in [5.41, 5.74) is 2.78. The molecule has 1 aromatic carbocycles. The molecule has 27 heavy (non-hydrogen) atoms. The highest BCUT2D eigenvalue weighted by Crippen LogP contribution is 2.30. The highest BCUT2D eigenvalue weighted by Gasteiger charge is 2.27. The summed E-state index contributed by atoms with van der Waals surface area (Å²) in [4.78, 5) is 32.2. The van der Waals surface area contributed by atoms with Gasteiger partial charge in [-0.15, -0.1) is 0 Å². The summed E-state index contributed by atoms with van der Waals surface area (Å²) in [5.74, 6) is -0.650. The lowest BCUT2D eigenvalue weighted by Crippen LogP contribution is -2.38. The Hall–Kier alpha value is -2.34. The third kappa shape index (κ3) is 4.69. The first kappa shape index (κ1) is 19.4. The molecule has 1 aromatic heterocycles. The largest absolute Gasteiger partial charge is 0.449 e. The molecule has 0 aliphatic carbocycles. The smallest absolute Gasteiger partial charge is 0.341 e. The number of benzene rings is 1. The van der Waals surface area contributed by atoms with Gasteiger partial charge < -0.3 is 9.64 Å². The van der Waals surface area contributed by atoms with Crippen LogP contribution in [0.1, 0.15) is 41.3 Å². The van der Waals surface area contributed by atoms with Gasteiger partial charge in [-0.25, -0.2) is 9.78 Å². The Bertz CT molecular complexity index is 847. The van der Waals surface area contributed by atoms with Crippen LogP contribution in [0.5, 0.6) is 0 Å². The maximum atomic E-state index is 12.7. The molecule has 0 bridgehead atoms. The molecule has 3 rings (SSSR count). The van der Waals surface area contributed by atoms with Crippen LogP contribution in [0.25, 0.3) is 0 Å². The number of likely N-dealkylation sites (tertiary alicyclic amines) is 1. The van der Waals surface area contributed by atoms with Crippen molar-refractivity contribution in [3.63, 3.8) is 0 Å². The fourth-order valence-corrected chi connectivity index (χ4v) is 3.96. The number of ether oxygens (including phenoxy) is 1. The number of pyridine rings is 1. The van der Waals surface area contributed by atoms with Crippen LogP contribution < -0.4 is 0 Å². The minimum absolute atomic E-state index is 0.131. The molecule has 1 aliphatic heterocycles. The monoisotopic (exact) mass is 384 g/mol. The second-order valence-electron chi connectivity index (χ2n) is 6.78. The number of aromatic nitrogens is 1. The number of hydrogen-bond donors (Lipinski definition) is 0. The molecule has 1 saturated heterocycles. The van der Waals surface area contributed by atoms with Gasteiger partial charge in [0.15, 0.2) is 6.10 Å². The molecule has 1 atom stereocenters. The minimum Gasteiger partial charge on any atom is -0.449 e. The van der Waals surface area contributed by atoms with Crippen LogP contribution in [0, 0.1) is 13.8 Å². The molecule has 1 aliphatic rings. The van der Waals surface area contributed by atoms with E-state index >= 15 is 0 Å². The van der Waals surface area contributed by atoms with Crippen LogP contribution in [0.2, 0.25) is 0 Å². The number of aryl methyl sites for hydroxylation is 2. The Balaban J connectivity index is 1.73. The molecule has 2 heterocycles. The summed E-state index contributed by atoms with van der Waals surface area (Å²) >= 11 is 1.42. The van der Waals surface area contributed by atoms with Crippen molar-refractivity contribution in [2.45, 2.75) is 49.6 Å². The molecule has 1 amide bonds. The topological polar surface area (TPSA) is 59.5 Å². The van der Waals surface area contributed by atoms with Crippen LogP contribution in [0.15, 0.2) is 46.5 Å². The van der Waals surface area contributed by atoms with Gasteiger partial charge in [0.1, 0.15) is 5.03 Å². The minimum atomic E-state index is -0.796. The van der Waals surface area contributed by atoms with Crippen molar-refractivity contribution in [3.8, 4) is 0 Å². The first-order valence-electron chi connectivity index (χ1n) is 9.15. The third-order valence-corrected chi connectivity index (χ3v) is 5.74. The summed E-state index contributed by atoms with van der Waals surface area (Å²) in [6.45, 7) is 7.22. The molecule has 6 heteroatoms. The standard InChI is InChI=1S/C21H24N2O3S/c1-14-8-9-17(13-15(14)2)27-19-18(7-6-10-22-19)21(25)26-16(3)20(24)23-11-4-5-12-23/h6-10,13,16H,4-5,11-12H2,1-3H3/t16-/m0/s1. The Labute approximate surface area is 164 Å². The average molecular weight is 385 g/mol. The maximum Gasteiger partial charge on any atom is 0.341 e. The molecular weight excluding hydrogens is 360 g/mol. The summed E-state index contributed by atoms with van der Waals surface area (Å²) in [6.07, 6.45) is 2.87. The van der Waals surface area contributed by atoms with E-state index in [1.165, 1.54) is 22.9 Å². The number of hydrogen-bond acceptors (Lipinski definition) is 5. The summed E-state index contributed by atoms with van der Waals surface area (Å²) in [7, 11) is 0. The molecule has 1 fully saturated rings. The van der Waals surface area contributed by atoms with E-state index in [0.29, 0.717) is 10.6 Å². The summed E-state index contributed by atoms with van der Waals surface area (Å²) in [6, 6.07) is 9.52. The fraction of sp³-hybridized carbons (Fsp3) is 0.381. The van der Waals surface area contributed by atoms with Crippen molar-refractivity contribution in [2.75, 3.05) is 13.1 Å². The van der Waals surface area contributed by atoms with Gasteiger partial charge in [0.05, 0.1) is 5.56 Å². The van der Waals surface area contributed by atoms with Crippen molar-refractivity contribution in [1.29, 1.82) is 0 Å². The number of nitrogens with zero attached hydrogens (tertiary/aromatic N) is 2. The Morgan fingerprint density at radius 1 is 1.15 bits per heavy atom. The number of rotatable bonds is 5. The quantitative estimate of drug-likeness (QED) is 0.729. The van der Waals surface area contributed by atoms with Crippen molar-refractivity contribution < 1.29 is 14.3 Å². The van der Waals surface area contributed by atoms with Crippen molar-refractivity contribution in [3.05, 3.63) is 53.2 Å². The van der Waals surface area contributed by atoms with Crippen LogP contribution >= 0.6 is 11.8 Å². The van der Waals surface area contributed by atoms with Crippen LogP contribution in [-0.4, -0.2) is 41.0 Å². The predicted molar refractivity (Wildman–Crippen MR) is 105 cm³/mol. The third-order valence-electron chi connectivity index (χ3n) is 4.73. The Kier molecular flexibility index (Phi) is 6.16. The van der Waals surface area contributed by atoms with Gasteiger partial charge in [-0.05, 0) is 69.0 Å². The Morgan fingerprint density at radius 2 is 1.89 bits per heavy atom. The van der Waals surface area contributed by atoms with Crippen molar-refractivity contribution in [1.82, 2.24) is 9.88 Å². The fourth-order valence-electron chi connectivity index (χ4n) is 2.99. The van der Waals surface area contributed by atoms with Crippen LogP contribution in [-0.2, 0) is 9.53 Å². The van der Waals surface area contributed by atoms with E-state index < -0.39 is 12.1 Å². The van der Waals surface area contributed by atoms with Crippen molar-refractivity contribution >= 4 is 23.6 Å². The zero-order valence-electron chi connectivity index (χ0n) is 15.9. The first-order chi connectivity index (χ1) is 13.0. The molecule has 5 nitrogen and oxygen atoms in total. The van der Waals surface area contributed by atoms with Gasteiger partial charge in [-0.3, -0.25) is 4.79 Å². The highest BCUT2D eigenvalue weighted by atomic mass is 32.2. The zero-order chi connectivity index (χ0) is 19.4. The van der Waals surface area contributed by atoms with E-state index in [1.807, 2.05) is 6.07 Å². The lowest BCUT2D eigenvalue weighted by atomic mass is 10.1. The zero-order valence-corrected chi connectivity index (χ0v) is 16.7. The average Bonchev–Trinajstić information content (AvgIpc) is 3.19. The second-order valence-corrected chi connectivity index (χ2v) is 7.85. The second kappa shape index (κ2) is 8.57. The van der Waals surface area contributed by atoms with Gasteiger partial charge in [-0.2, -0.15) is 0 Å². The van der Waals surface area contributed by atoms with Gasteiger partial charge in [0, 0.05) is 24.2 Å². The van der Waals surface area contributed by atoms with E-state index in [-0.39, 0.29) is 5.91 Å². The summed E-state index contributed by atoms with van der Waals surface area (Å²) in [5, 5.41) is 0.576. The normalized spacial score (nSPS) is 14.9. The number of carbonyl (C=O) groups is 2. The lowest BCUT2D eigenvalue weighted by molar-refractivity contribution is -0.138. The molecule has 0 N–H and O–H groups in total. The molecule has 0 unspecified atom stereocenters. The van der Waals surface area contributed by atoms with E-state index in [2.05, 4.69) is 31.0 Å². The molecule has 0 saturated carbocycles. The molecule has 142 valence electrons. The van der Waals surface area contributed by atoms with E-state index in [1.54, 1.807) is 30.2 Å². The molecule has 0 spiro atoms. The van der Waals surface area contributed by atoms with E-state index in [0.717, 1.165) is 30.8 Å². The molecular formula is C21H24N2O3S. The van der Waals surface area contributed by atoms with E-state index in [4.69, 9.17) is 4.74 Å². The lowest BCUT2D eigenvalue weighted by Gasteiger charge is -2.20. The molecule has 0 radical (unpaired) electrons. The van der Waals surface area contributed by atoms with Gasteiger partial charge in [0.2, 0.25) is 0 Å². The van der Waals surface area contributed by atoms with Crippen LogP contribution in [0.4, 0.5) is 0 Å². The number of amides is 1. The van der Waals surface area contributed by atoms with E-state index in [9.17, 15) is 9.59 Å². The SMILES string of the molecule is Cc1ccc(Sc2ncccc2C(=O)O[C@@H](C)C(=O)N2CCCC2)cc1C. The van der Waals surface area contributed by atoms with Gasteiger partial charge in [-0.1, -0.05) is 17.8 Å². The first-order valence-corrected chi connectivity index (χ1v) is 9.97. The Morgan fingerprint density at radius 3 is 2.59 bits per heavy atom. The van der Waals surface area contributed by atoms with Crippen molar-refractivity contribution in [2.24, 2.45) is 0 Å². The maximum absolute atomic E-state index is 12.7. The van der Waals surface area contributed by atoms with Gasteiger partial charge >= 0.3 is 5.97 Å². The predicted octanol–water partition coefficient (Wildman–Crippen LogP) is 4.02. The van der Waals surface area contributed by atoms with Crippen LogP contribution in [0.3, 0.4) is 0 Å². The highest BCUT2D eigenvalue weighted by molar-refractivity contribution is 7.99. The number of carbonyl (C=O) groups excluding carboxylic acids is 2. The number of esters is 1. The van der Waals surface area contributed by atoms with Gasteiger partial charge in [0.25, 0.3) is 5.91 Å². The summed E-state index contributed by atoms with van der Waals surface area (Å²) < 4.78 is 5.45.